The van der Waals surface area contributed by atoms with E-state index in [4.69, 9.17) is 5.73 Å². The zero-order valence-corrected chi connectivity index (χ0v) is 19.3. The molecule has 1 aliphatic rings. The van der Waals surface area contributed by atoms with E-state index in [0.717, 1.165) is 16.9 Å². The molecule has 0 aromatic heterocycles. The third-order valence-electron chi connectivity index (χ3n) is 6.10. The number of rotatable bonds is 5. The summed E-state index contributed by atoms with van der Waals surface area (Å²) in [6.45, 7) is 3.87. The number of benzene rings is 3. The van der Waals surface area contributed by atoms with Gasteiger partial charge in [0.1, 0.15) is 0 Å². The summed E-state index contributed by atoms with van der Waals surface area (Å²) in [5.74, 6) is -0.104. The minimum Gasteiger partial charge on any atom is -0.351 e. The topological polar surface area (TPSA) is 95.7 Å². The molecular formula is C27H28N4O3. The van der Waals surface area contributed by atoms with E-state index in [1.165, 1.54) is 0 Å². The van der Waals surface area contributed by atoms with E-state index in [0.29, 0.717) is 24.1 Å². The maximum absolute atomic E-state index is 13.6. The van der Waals surface area contributed by atoms with Crippen LogP contribution < -0.4 is 20.9 Å². The quantitative estimate of drug-likeness (QED) is 0.559. The van der Waals surface area contributed by atoms with Crippen molar-refractivity contribution in [1.82, 2.24) is 0 Å². The second-order valence-electron chi connectivity index (χ2n) is 8.35. The number of nitrogens with two attached hydrogens (primary N) is 1. The minimum absolute atomic E-state index is 0.0375. The van der Waals surface area contributed by atoms with Crippen LogP contribution in [0.15, 0.2) is 78.9 Å². The van der Waals surface area contributed by atoms with Crippen LogP contribution in [0.25, 0.3) is 0 Å². The second kappa shape index (κ2) is 9.79. The number of primary amides is 1. The van der Waals surface area contributed by atoms with E-state index in [9.17, 15) is 14.4 Å². The number of amides is 4. The van der Waals surface area contributed by atoms with Crippen molar-refractivity contribution in [3.63, 3.8) is 0 Å². The fourth-order valence-corrected chi connectivity index (χ4v) is 4.57. The molecule has 1 heterocycles. The number of nitrogens with one attached hydrogen (secondary N) is 1. The Morgan fingerprint density at radius 3 is 2.26 bits per heavy atom. The van der Waals surface area contributed by atoms with Gasteiger partial charge < -0.3 is 20.9 Å². The van der Waals surface area contributed by atoms with Gasteiger partial charge in [0, 0.05) is 35.1 Å². The molecule has 0 saturated carbocycles. The number of urea groups is 1. The number of anilines is 3. The zero-order chi connectivity index (χ0) is 24.2. The highest BCUT2D eigenvalue weighted by Gasteiger charge is 2.38. The molecule has 4 amide bonds. The summed E-state index contributed by atoms with van der Waals surface area (Å²) < 4.78 is 0. The zero-order valence-electron chi connectivity index (χ0n) is 19.3. The Morgan fingerprint density at radius 1 is 0.971 bits per heavy atom. The van der Waals surface area contributed by atoms with Crippen molar-refractivity contribution in [2.45, 2.75) is 38.8 Å². The molecule has 7 heteroatoms. The van der Waals surface area contributed by atoms with Gasteiger partial charge >= 0.3 is 6.03 Å². The third kappa shape index (κ3) is 4.50. The Hall–Kier alpha value is -4.13. The van der Waals surface area contributed by atoms with Gasteiger partial charge in [-0.15, -0.1) is 0 Å². The molecule has 0 unspecified atom stereocenters. The summed E-state index contributed by atoms with van der Waals surface area (Å²) in [4.78, 5) is 41.4. The largest absolute Gasteiger partial charge is 0.351 e. The van der Waals surface area contributed by atoms with Crippen LogP contribution in [-0.2, 0) is 4.79 Å². The first kappa shape index (κ1) is 23.0. The van der Waals surface area contributed by atoms with Gasteiger partial charge in [0.05, 0.1) is 6.04 Å². The van der Waals surface area contributed by atoms with E-state index in [1.807, 2.05) is 73.3 Å². The molecule has 0 saturated heterocycles. The molecule has 4 rings (SSSR count). The van der Waals surface area contributed by atoms with Crippen LogP contribution in [0.2, 0.25) is 0 Å². The Labute approximate surface area is 199 Å². The van der Waals surface area contributed by atoms with Crippen molar-refractivity contribution in [2.24, 2.45) is 5.73 Å². The Bertz CT molecular complexity index is 1190. The van der Waals surface area contributed by atoms with Crippen molar-refractivity contribution in [1.29, 1.82) is 0 Å². The van der Waals surface area contributed by atoms with E-state index in [2.05, 4.69) is 5.32 Å². The summed E-state index contributed by atoms with van der Waals surface area (Å²) >= 11 is 0. The Balaban J connectivity index is 1.72. The lowest BCUT2D eigenvalue weighted by molar-refractivity contribution is -0.118. The third-order valence-corrected chi connectivity index (χ3v) is 6.10. The van der Waals surface area contributed by atoms with Gasteiger partial charge in [-0.05, 0) is 61.4 Å². The lowest BCUT2D eigenvalue weighted by atomic mass is 9.89. The summed E-state index contributed by atoms with van der Waals surface area (Å²) in [5.41, 5.74) is 8.76. The molecule has 0 fully saturated rings. The van der Waals surface area contributed by atoms with Crippen LogP contribution in [0.1, 0.15) is 48.7 Å². The minimum atomic E-state index is -0.659. The van der Waals surface area contributed by atoms with E-state index >= 15 is 0 Å². The number of hydrogen-bond acceptors (Lipinski definition) is 3. The number of para-hydroxylation sites is 2. The van der Waals surface area contributed by atoms with Gasteiger partial charge in [0.25, 0.3) is 5.91 Å². The monoisotopic (exact) mass is 456 g/mol. The number of fused-ring (bicyclic) bond motifs is 1. The average molecular weight is 457 g/mol. The molecule has 0 radical (unpaired) electrons. The second-order valence-corrected chi connectivity index (χ2v) is 8.35. The molecule has 3 N–H and O–H groups in total. The molecule has 0 bridgehead atoms. The lowest BCUT2D eigenvalue weighted by Crippen LogP contribution is -2.47. The summed E-state index contributed by atoms with van der Waals surface area (Å²) in [5, 5.41) is 2.50. The van der Waals surface area contributed by atoms with E-state index in [1.54, 1.807) is 29.2 Å². The van der Waals surface area contributed by atoms with Gasteiger partial charge in [-0.25, -0.2) is 4.79 Å². The first-order valence-electron chi connectivity index (χ1n) is 11.4. The van der Waals surface area contributed by atoms with Crippen LogP contribution in [-0.4, -0.2) is 23.9 Å². The predicted molar refractivity (Wildman–Crippen MR) is 134 cm³/mol. The van der Waals surface area contributed by atoms with Gasteiger partial charge in [-0.1, -0.05) is 43.3 Å². The highest BCUT2D eigenvalue weighted by molar-refractivity contribution is 6.08. The summed E-state index contributed by atoms with van der Waals surface area (Å²) in [6, 6.07) is 23.1. The maximum Gasteiger partial charge on any atom is 0.316 e. The molecule has 7 nitrogen and oxygen atoms in total. The van der Waals surface area contributed by atoms with E-state index < -0.39 is 6.03 Å². The molecular weight excluding hydrogens is 428 g/mol. The molecule has 2 atom stereocenters. The van der Waals surface area contributed by atoms with Crippen molar-refractivity contribution in [2.75, 3.05) is 15.1 Å². The number of nitrogens with zero attached hydrogens (tertiary/aromatic N) is 2. The fraction of sp³-hybridized carbons (Fsp3) is 0.222. The molecule has 3 aromatic carbocycles. The predicted octanol–water partition coefficient (Wildman–Crippen LogP) is 5.10. The Kier molecular flexibility index (Phi) is 6.63. The number of hydrogen-bond donors (Lipinski definition) is 2. The molecule has 34 heavy (non-hydrogen) atoms. The van der Waals surface area contributed by atoms with Gasteiger partial charge in [0.2, 0.25) is 5.91 Å². The maximum atomic E-state index is 13.6. The van der Waals surface area contributed by atoms with Gasteiger partial charge in [-0.2, -0.15) is 0 Å². The van der Waals surface area contributed by atoms with Crippen LogP contribution >= 0.6 is 0 Å². The summed E-state index contributed by atoms with van der Waals surface area (Å²) in [7, 11) is 0. The Morgan fingerprint density at radius 2 is 1.62 bits per heavy atom. The van der Waals surface area contributed by atoms with Gasteiger partial charge in [0.15, 0.2) is 0 Å². The highest BCUT2D eigenvalue weighted by Crippen LogP contribution is 2.42. The van der Waals surface area contributed by atoms with Crippen molar-refractivity contribution in [3.8, 4) is 0 Å². The molecule has 0 spiro atoms. The van der Waals surface area contributed by atoms with E-state index in [-0.39, 0.29) is 23.9 Å². The number of carbonyl (C=O) groups is 3. The van der Waals surface area contributed by atoms with Crippen LogP contribution in [0.4, 0.5) is 21.9 Å². The molecule has 3 aromatic rings. The van der Waals surface area contributed by atoms with Crippen LogP contribution in [0.5, 0.6) is 0 Å². The van der Waals surface area contributed by atoms with Crippen LogP contribution in [0, 0.1) is 0 Å². The first-order valence-corrected chi connectivity index (χ1v) is 11.4. The van der Waals surface area contributed by atoms with Crippen LogP contribution in [0.3, 0.4) is 0 Å². The standard InChI is InChI=1S/C27H28N4O3/c1-3-25(32)31(21-9-5-4-6-10-21)24-17-18(2)30(23-12-8-7-11-22(23)24)26(33)19-13-15-20(16-14-19)29-27(28)34/h4-16,18,24H,3,17H2,1-2H3,(H3,28,29,34)/t18-,24+/m0/s1. The SMILES string of the molecule is CCC(=O)N(c1ccccc1)[C@@H]1C[C@H](C)N(C(=O)c2ccc(NC(N)=O)cc2)c2ccccc21. The van der Waals surface area contributed by atoms with Crippen molar-refractivity contribution >= 4 is 34.9 Å². The molecule has 1 aliphatic heterocycles. The van der Waals surface area contributed by atoms with Gasteiger partial charge in [-0.3, -0.25) is 9.59 Å². The summed E-state index contributed by atoms with van der Waals surface area (Å²) in [6.07, 6.45) is 0.987. The number of carbonyl (C=O) groups excluding carboxylic acids is 3. The highest BCUT2D eigenvalue weighted by atomic mass is 16.2. The lowest BCUT2D eigenvalue weighted by Gasteiger charge is -2.43. The molecule has 0 aliphatic carbocycles. The van der Waals surface area contributed by atoms with Crippen molar-refractivity contribution < 1.29 is 14.4 Å². The first-order chi connectivity index (χ1) is 16.4. The van der Waals surface area contributed by atoms with Crippen molar-refractivity contribution in [3.05, 3.63) is 90.0 Å². The molecule has 174 valence electrons. The fourth-order valence-electron chi connectivity index (χ4n) is 4.57. The average Bonchev–Trinajstić information content (AvgIpc) is 2.84. The normalized spacial score (nSPS) is 16.9. The smallest absolute Gasteiger partial charge is 0.316 e.